The summed E-state index contributed by atoms with van der Waals surface area (Å²) in [5.74, 6) is 1.87. The number of hydrogen-bond acceptors (Lipinski definition) is 3. The van der Waals surface area contributed by atoms with Crippen LogP contribution in [0.2, 0.25) is 0 Å². The lowest BCUT2D eigenvalue weighted by molar-refractivity contribution is -0.142. The Labute approximate surface area is 101 Å². The first-order valence-corrected chi connectivity index (χ1v) is 7.48. The molecule has 0 spiro atoms. The van der Waals surface area contributed by atoms with E-state index < -0.39 is 5.97 Å². The van der Waals surface area contributed by atoms with Gasteiger partial charge in [0.05, 0.1) is 5.92 Å². The average molecular weight is 243 g/mol. The second-order valence-electron chi connectivity index (χ2n) is 4.94. The predicted octanol–water partition coefficient (Wildman–Crippen LogP) is 2.11. The highest BCUT2D eigenvalue weighted by Crippen LogP contribution is 2.26. The molecule has 1 saturated heterocycles. The molecule has 0 aromatic rings. The minimum atomic E-state index is -0.604. The molecule has 1 aliphatic carbocycles. The summed E-state index contributed by atoms with van der Waals surface area (Å²) in [4.78, 5) is 10.8. The van der Waals surface area contributed by atoms with Gasteiger partial charge < -0.3 is 10.4 Å². The van der Waals surface area contributed by atoms with E-state index in [9.17, 15) is 4.79 Å². The van der Waals surface area contributed by atoms with Crippen LogP contribution in [0.1, 0.15) is 38.5 Å². The Morgan fingerprint density at radius 2 is 1.56 bits per heavy atom. The minimum absolute atomic E-state index is 0.0834. The van der Waals surface area contributed by atoms with E-state index in [1.54, 1.807) is 0 Å². The first-order chi connectivity index (χ1) is 7.75. The summed E-state index contributed by atoms with van der Waals surface area (Å²) in [6, 6.07) is 1.26. The standard InChI is InChI=1S/C12H21NO2S/c14-12(15)9-1-3-10(4-2-9)13-11-5-7-16-8-6-11/h9-11,13H,1-8H2,(H,14,15). The Hall–Kier alpha value is -0.220. The molecule has 0 aromatic carbocycles. The third kappa shape index (κ3) is 3.39. The molecule has 0 atom stereocenters. The Balaban J connectivity index is 1.70. The highest BCUT2D eigenvalue weighted by Gasteiger charge is 2.27. The zero-order chi connectivity index (χ0) is 11.4. The summed E-state index contributed by atoms with van der Waals surface area (Å²) >= 11 is 2.05. The molecule has 2 N–H and O–H groups in total. The molecular weight excluding hydrogens is 222 g/mol. The van der Waals surface area contributed by atoms with Gasteiger partial charge in [0.2, 0.25) is 0 Å². The fraction of sp³-hybridized carbons (Fsp3) is 0.917. The second kappa shape index (κ2) is 5.92. The van der Waals surface area contributed by atoms with Crippen molar-refractivity contribution in [3.63, 3.8) is 0 Å². The third-order valence-electron chi connectivity index (χ3n) is 3.77. The quantitative estimate of drug-likeness (QED) is 0.797. The van der Waals surface area contributed by atoms with E-state index in [4.69, 9.17) is 5.11 Å². The van der Waals surface area contributed by atoms with Crippen molar-refractivity contribution in [1.29, 1.82) is 0 Å². The number of carboxylic acids is 1. The third-order valence-corrected chi connectivity index (χ3v) is 4.82. The maximum atomic E-state index is 10.8. The SMILES string of the molecule is O=C(O)C1CCC(NC2CCSCC2)CC1. The molecule has 0 aromatic heterocycles. The van der Waals surface area contributed by atoms with E-state index in [1.165, 1.54) is 24.3 Å². The summed E-state index contributed by atoms with van der Waals surface area (Å²) in [6.45, 7) is 0. The minimum Gasteiger partial charge on any atom is -0.481 e. The topological polar surface area (TPSA) is 49.3 Å². The van der Waals surface area contributed by atoms with Crippen LogP contribution in [-0.2, 0) is 4.79 Å². The van der Waals surface area contributed by atoms with E-state index in [2.05, 4.69) is 5.32 Å². The average Bonchev–Trinajstić information content (AvgIpc) is 2.31. The van der Waals surface area contributed by atoms with Crippen molar-refractivity contribution < 1.29 is 9.90 Å². The van der Waals surface area contributed by atoms with E-state index in [-0.39, 0.29) is 5.92 Å². The van der Waals surface area contributed by atoms with E-state index in [1.807, 2.05) is 11.8 Å². The predicted molar refractivity (Wildman–Crippen MR) is 66.9 cm³/mol. The smallest absolute Gasteiger partial charge is 0.306 e. The first kappa shape index (κ1) is 12.2. The van der Waals surface area contributed by atoms with Crippen LogP contribution in [0.15, 0.2) is 0 Å². The molecule has 16 heavy (non-hydrogen) atoms. The maximum absolute atomic E-state index is 10.8. The monoisotopic (exact) mass is 243 g/mol. The number of rotatable bonds is 3. The van der Waals surface area contributed by atoms with Crippen molar-refractivity contribution >= 4 is 17.7 Å². The Bertz CT molecular complexity index is 233. The number of nitrogens with one attached hydrogen (secondary N) is 1. The van der Waals surface area contributed by atoms with Crippen LogP contribution in [0.25, 0.3) is 0 Å². The fourth-order valence-corrected chi connectivity index (χ4v) is 3.81. The maximum Gasteiger partial charge on any atom is 0.306 e. The van der Waals surface area contributed by atoms with Crippen LogP contribution >= 0.6 is 11.8 Å². The van der Waals surface area contributed by atoms with Crippen LogP contribution < -0.4 is 5.32 Å². The first-order valence-electron chi connectivity index (χ1n) is 6.32. The number of hydrogen-bond donors (Lipinski definition) is 2. The summed E-state index contributed by atoms with van der Waals surface area (Å²) in [6.07, 6.45) is 6.36. The van der Waals surface area contributed by atoms with Gasteiger partial charge in [0.15, 0.2) is 0 Å². The van der Waals surface area contributed by atoms with Gasteiger partial charge in [-0.25, -0.2) is 0 Å². The zero-order valence-corrected chi connectivity index (χ0v) is 10.5. The molecule has 3 nitrogen and oxygen atoms in total. The van der Waals surface area contributed by atoms with Gasteiger partial charge >= 0.3 is 5.97 Å². The lowest BCUT2D eigenvalue weighted by Gasteiger charge is -2.32. The molecular formula is C12H21NO2S. The van der Waals surface area contributed by atoms with E-state index in [0.717, 1.165) is 25.7 Å². The zero-order valence-electron chi connectivity index (χ0n) is 9.65. The Morgan fingerprint density at radius 3 is 2.12 bits per heavy atom. The van der Waals surface area contributed by atoms with Gasteiger partial charge in [-0.3, -0.25) is 4.79 Å². The normalized spacial score (nSPS) is 32.5. The van der Waals surface area contributed by atoms with Crippen molar-refractivity contribution in [3.05, 3.63) is 0 Å². The van der Waals surface area contributed by atoms with Crippen LogP contribution in [0, 0.1) is 5.92 Å². The molecule has 0 amide bonds. The molecule has 2 fully saturated rings. The molecule has 0 radical (unpaired) electrons. The molecule has 1 aliphatic heterocycles. The summed E-state index contributed by atoms with van der Waals surface area (Å²) in [7, 11) is 0. The fourth-order valence-electron chi connectivity index (χ4n) is 2.70. The van der Waals surface area contributed by atoms with Crippen molar-refractivity contribution in [2.45, 2.75) is 50.6 Å². The van der Waals surface area contributed by atoms with Crippen LogP contribution in [0.5, 0.6) is 0 Å². The van der Waals surface area contributed by atoms with E-state index >= 15 is 0 Å². The van der Waals surface area contributed by atoms with Crippen LogP contribution in [0.3, 0.4) is 0 Å². The van der Waals surface area contributed by atoms with Crippen molar-refractivity contribution in [3.8, 4) is 0 Å². The molecule has 1 heterocycles. The lowest BCUT2D eigenvalue weighted by Crippen LogP contribution is -2.42. The van der Waals surface area contributed by atoms with Crippen LogP contribution in [-0.4, -0.2) is 34.7 Å². The van der Waals surface area contributed by atoms with Gasteiger partial charge in [0.25, 0.3) is 0 Å². The van der Waals surface area contributed by atoms with Crippen LogP contribution in [0.4, 0.5) is 0 Å². The molecule has 2 aliphatic rings. The molecule has 4 heteroatoms. The van der Waals surface area contributed by atoms with Gasteiger partial charge in [-0.1, -0.05) is 0 Å². The van der Waals surface area contributed by atoms with Gasteiger partial charge in [-0.15, -0.1) is 0 Å². The molecule has 0 unspecified atom stereocenters. The highest BCUT2D eigenvalue weighted by atomic mass is 32.2. The summed E-state index contributed by atoms with van der Waals surface area (Å²) < 4.78 is 0. The Kier molecular flexibility index (Phi) is 4.53. The number of aliphatic carboxylic acids is 1. The molecule has 0 bridgehead atoms. The molecule has 92 valence electrons. The van der Waals surface area contributed by atoms with Gasteiger partial charge in [0, 0.05) is 12.1 Å². The molecule has 2 rings (SSSR count). The number of thioether (sulfide) groups is 1. The van der Waals surface area contributed by atoms with Gasteiger partial charge in [-0.05, 0) is 50.0 Å². The molecule has 1 saturated carbocycles. The lowest BCUT2D eigenvalue weighted by atomic mass is 9.85. The van der Waals surface area contributed by atoms with Gasteiger partial charge in [-0.2, -0.15) is 11.8 Å². The van der Waals surface area contributed by atoms with E-state index in [0.29, 0.717) is 12.1 Å². The van der Waals surface area contributed by atoms with Crippen molar-refractivity contribution in [2.75, 3.05) is 11.5 Å². The second-order valence-corrected chi connectivity index (χ2v) is 6.16. The van der Waals surface area contributed by atoms with Crippen molar-refractivity contribution in [2.24, 2.45) is 5.92 Å². The summed E-state index contributed by atoms with van der Waals surface area (Å²) in [5, 5.41) is 12.6. The number of carbonyl (C=O) groups is 1. The van der Waals surface area contributed by atoms with Gasteiger partial charge in [0.1, 0.15) is 0 Å². The largest absolute Gasteiger partial charge is 0.481 e. The highest BCUT2D eigenvalue weighted by molar-refractivity contribution is 7.99. The van der Waals surface area contributed by atoms with Crippen molar-refractivity contribution in [1.82, 2.24) is 5.32 Å². The number of carboxylic acid groups (broad SMARTS) is 1. The summed E-state index contributed by atoms with van der Waals surface area (Å²) in [5.41, 5.74) is 0. The Morgan fingerprint density at radius 1 is 1.00 bits per heavy atom.